The number of imide groups is 1. The van der Waals surface area contributed by atoms with Crippen molar-refractivity contribution < 1.29 is 14.4 Å². The van der Waals surface area contributed by atoms with Crippen LogP contribution in [0.2, 0.25) is 0 Å². The third-order valence-corrected chi connectivity index (χ3v) is 4.73. The summed E-state index contributed by atoms with van der Waals surface area (Å²) in [6, 6.07) is 6.70. The molecule has 122 valence electrons. The summed E-state index contributed by atoms with van der Waals surface area (Å²) in [5, 5.41) is 0. The number of likely N-dealkylation sites (tertiary alicyclic amines) is 1. The number of nitrogens with zero attached hydrogens (tertiary/aromatic N) is 2. The van der Waals surface area contributed by atoms with Crippen LogP contribution in [0.1, 0.15) is 40.5 Å². The lowest BCUT2D eigenvalue weighted by Crippen LogP contribution is -2.49. The molecule has 23 heavy (non-hydrogen) atoms. The van der Waals surface area contributed by atoms with Gasteiger partial charge in [0.15, 0.2) is 0 Å². The fourth-order valence-electron chi connectivity index (χ4n) is 3.28. The number of nitrogens with two attached hydrogens (primary N) is 1. The van der Waals surface area contributed by atoms with Crippen LogP contribution < -0.4 is 5.73 Å². The van der Waals surface area contributed by atoms with Crippen molar-refractivity contribution >= 4 is 17.7 Å². The van der Waals surface area contributed by atoms with E-state index >= 15 is 0 Å². The van der Waals surface area contributed by atoms with E-state index < -0.39 is 0 Å². The zero-order chi connectivity index (χ0) is 16.6. The predicted octanol–water partition coefficient (Wildman–Crippen LogP) is 0.868. The second-order valence-corrected chi connectivity index (χ2v) is 6.34. The van der Waals surface area contributed by atoms with Crippen molar-refractivity contribution in [3.63, 3.8) is 0 Å². The highest BCUT2D eigenvalue weighted by atomic mass is 16.2. The molecular weight excluding hydrogens is 294 g/mol. The third kappa shape index (κ3) is 2.86. The van der Waals surface area contributed by atoms with Crippen LogP contribution in [0.25, 0.3) is 0 Å². The Bertz CT molecular complexity index is 621. The van der Waals surface area contributed by atoms with Gasteiger partial charge >= 0.3 is 0 Å². The molecule has 6 nitrogen and oxygen atoms in total. The van der Waals surface area contributed by atoms with Gasteiger partial charge in [0.25, 0.3) is 11.8 Å². The number of carbonyl (C=O) groups is 3. The normalized spacial score (nSPS) is 22.3. The van der Waals surface area contributed by atoms with Gasteiger partial charge in [0, 0.05) is 19.1 Å². The topological polar surface area (TPSA) is 83.7 Å². The number of hydrogen-bond donors (Lipinski definition) is 1. The van der Waals surface area contributed by atoms with E-state index in [-0.39, 0.29) is 36.2 Å². The SMILES string of the molecule is CC(N)C1CCCN(C(=O)CN2C(=O)c3ccccc3C2=O)C1. The summed E-state index contributed by atoms with van der Waals surface area (Å²) < 4.78 is 0. The fraction of sp³-hybridized carbons (Fsp3) is 0.471. The van der Waals surface area contributed by atoms with E-state index in [4.69, 9.17) is 5.73 Å². The quantitative estimate of drug-likeness (QED) is 0.839. The Labute approximate surface area is 135 Å². The number of carbonyl (C=O) groups excluding carboxylic acids is 3. The Morgan fingerprint density at radius 2 is 1.87 bits per heavy atom. The van der Waals surface area contributed by atoms with Gasteiger partial charge in [-0.05, 0) is 37.8 Å². The van der Waals surface area contributed by atoms with Crippen molar-refractivity contribution in [1.82, 2.24) is 9.80 Å². The number of hydrogen-bond acceptors (Lipinski definition) is 4. The van der Waals surface area contributed by atoms with Crippen LogP contribution in [-0.4, -0.2) is 53.2 Å². The van der Waals surface area contributed by atoms with Crippen molar-refractivity contribution in [3.05, 3.63) is 35.4 Å². The maximum atomic E-state index is 12.5. The molecule has 1 fully saturated rings. The molecule has 0 bridgehead atoms. The van der Waals surface area contributed by atoms with Crippen LogP contribution in [-0.2, 0) is 4.79 Å². The van der Waals surface area contributed by atoms with Crippen molar-refractivity contribution in [3.8, 4) is 0 Å². The van der Waals surface area contributed by atoms with Gasteiger partial charge in [-0.3, -0.25) is 19.3 Å². The smallest absolute Gasteiger partial charge is 0.262 e. The van der Waals surface area contributed by atoms with Crippen LogP contribution in [0.5, 0.6) is 0 Å². The second kappa shape index (κ2) is 6.12. The van der Waals surface area contributed by atoms with Crippen LogP contribution in [0.3, 0.4) is 0 Å². The lowest BCUT2D eigenvalue weighted by atomic mass is 9.92. The highest BCUT2D eigenvalue weighted by Gasteiger charge is 2.37. The van der Waals surface area contributed by atoms with E-state index in [0.717, 1.165) is 17.7 Å². The highest BCUT2D eigenvalue weighted by molar-refractivity contribution is 6.22. The van der Waals surface area contributed by atoms with Crippen molar-refractivity contribution in [2.75, 3.05) is 19.6 Å². The monoisotopic (exact) mass is 315 g/mol. The number of amides is 3. The molecule has 1 saturated heterocycles. The molecule has 2 aliphatic heterocycles. The molecule has 3 rings (SSSR count). The summed E-state index contributed by atoms with van der Waals surface area (Å²) in [6.07, 6.45) is 1.91. The van der Waals surface area contributed by atoms with Gasteiger partial charge in [-0.25, -0.2) is 0 Å². The van der Waals surface area contributed by atoms with E-state index in [1.807, 2.05) is 6.92 Å². The van der Waals surface area contributed by atoms with E-state index in [2.05, 4.69) is 0 Å². The van der Waals surface area contributed by atoms with E-state index in [0.29, 0.717) is 24.2 Å². The lowest BCUT2D eigenvalue weighted by Gasteiger charge is -2.35. The van der Waals surface area contributed by atoms with Crippen LogP contribution >= 0.6 is 0 Å². The molecule has 6 heteroatoms. The molecule has 3 amide bonds. The average Bonchev–Trinajstić information content (AvgIpc) is 2.80. The first-order valence-corrected chi connectivity index (χ1v) is 7.97. The lowest BCUT2D eigenvalue weighted by molar-refractivity contribution is -0.133. The molecule has 0 radical (unpaired) electrons. The maximum absolute atomic E-state index is 12.5. The Morgan fingerprint density at radius 3 is 2.43 bits per heavy atom. The molecule has 2 N–H and O–H groups in total. The molecule has 2 heterocycles. The minimum atomic E-state index is -0.389. The first-order valence-electron chi connectivity index (χ1n) is 7.97. The Kier molecular flexibility index (Phi) is 4.17. The molecule has 2 unspecified atom stereocenters. The summed E-state index contributed by atoms with van der Waals surface area (Å²) in [6.45, 7) is 3.01. The summed E-state index contributed by atoms with van der Waals surface area (Å²) in [5.41, 5.74) is 6.68. The molecular formula is C17H21N3O3. The molecule has 0 aliphatic carbocycles. The number of benzene rings is 1. The summed E-state index contributed by atoms with van der Waals surface area (Å²) in [5.74, 6) is -0.695. The Hall–Kier alpha value is -2.21. The molecule has 0 saturated carbocycles. The first kappa shape index (κ1) is 15.7. The van der Waals surface area contributed by atoms with Gasteiger partial charge in [-0.15, -0.1) is 0 Å². The van der Waals surface area contributed by atoms with E-state index in [1.165, 1.54) is 0 Å². The molecule has 0 spiro atoms. The zero-order valence-corrected chi connectivity index (χ0v) is 13.2. The maximum Gasteiger partial charge on any atom is 0.262 e. The summed E-state index contributed by atoms with van der Waals surface area (Å²) >= 11 is 0. The number of rotatable bonds is 3. The van der Waals surface area contributed by atoms with Crippen molar-refractivity contribution in [2.45, 2.75) is 25.8 Å². The van der Waals surface area contributed by atoms with Crippen LogP contribution in [0.4, 0.5) is 0 Å². The van der Waals surface area contributed by atoms with Gasteiger partial charge in [-0.2, -0.15) is 0 Å². The highest BCUT2D eigenvalue weighted by Crippen LogP contribution is 2.23. The number of fused-ring (bicyclic) bond motifs is 1. The first-order chi connectivity index (χ1) is 11.0. The predicted molar refractivity (Wildman–Crippen MR) is 84.8 cm³/mol. The van der Waals surface area contributed by atoms with Crippen LogP contribution in [0, 0.1) is 5.92 Å². The Morgan fingerprint density at radius 1 is 1.26 bits per heavy atom. The van der Waals surface area contributed by atoms with Crippen LogP contribution in [0.15, 0.2) is 24.3 Å². The van der Waals surface area contributed by atoms with Gasteiger partial charge in [-0.1, -0.05) is 12.1 Å². The van der Waals surface area contributed by atoms with Crippen molar-refractivity contribution in [1.29, 1.82) is 0 Å². The summed E-state index contributed by atoms with van der Waals surface area (Å²) in [4.78, 5) is 39.9. The van der Waals surface area contributed by atoms with Gasteiger partial charge < -0.3 is 10.6 Å². The molecule has 2 atom stereocenters. The van der Waals surface area contributed by atoms with Crippen molar-refractivity contribution in [2.24, 2.45) is 11.7 Å². The molecule has 1 aromatic carbocycles. The fourth-order valence-corrected chi connectivity index (χ4v) is 3.28. The molecule has 1 aromatic rings. The minimum Gasteiger partial charge on any atom is -0.341 e. The molecule has 0 aromatic heterocycles. The van der Waals surface area contributed by atoms with Gasteiger partial charge in [0.1, 0.15) is 6.54 Å². The molecule has 2 aliphatic rings. The van der Waals surface area contributed by atoms with Gasteiger partial charge in [0.05, 0.1) is 11.1 Å². The second-order valence-electron chi connectivity index (χ2n) is 6.34. The zero-order valence-electron chi connectivity index (χ0n) is 13.2. The number of piperidine rings is 1. The standard InChI is InChI=1S/C17H21N3O3/c1-11(18)12-5-4-8-19(9-12)15(21)10-20-16(22)13-6-2-3-7-14(13)17(20)23/h2-3,6-7,11-12H,4-5,8-10,18H2,1H3. The minimum absolute atomic E-state index is 0.0323. The largest absolute Gasteiger partial charge is 0.341 e. The van der Waals surface area contributed by atoms with Gasteiger partial charge in [0.2, 0.25) is 5.91 Å². The third-order valence-electron chi connectivity index (χ3n) is 4.73. The van der Waals surface area contributed by atoms with E-state index in [1.54, 1.807) is 29.2 Å². The van der Waals surface area contributed by atoms with E-state index in [9.17, 15) is 14.4 Å². The Balaban J connectivity index is 1.69. The average molecular weight is 315 g/mol. The summed E-state index contributed by atoms with van der Waals surface area (Å²) in [7, 11) is 0.